The van der Waals surface area contributed by atoms with Crippen molar-refractivity contribution in [3.05, 3.63) is 11.9 Å². The minimum absolute atomic E-state index is 0.0786. The Hall–Kier alpha value is -1.03. The number of ether oxygens (including phenoxy) is 1. The van der Waals surface area contributed by atoms with E-state index in [0.717, 1.165) is 17.9 Å². The maximum Gasteiger partial charge on any atom is 0.221 e. The van der Waals surface area contributed by atoms with Crippen LogP contribution >= 0.6 is 11.6 Å². The molecule has 0 saturated heterocycles. The highest BCUT2D eigenvalue weighted by Gasteiger charge is 2.12. The molecule has 0 spiro atoms. The minimum atomic E-state index is 0.0786. The molecule has 4 nitrogen and oxygen atoms in total. The highest BCUT2D eigenvalue weighted by Crippen LogP contribution is 2.23. The number of halogens is 1. The average Bonchev–Trinajstić information content (AvgIpc) is 2.20. The zero-order valence-corrected chi connectivity index (χ0v) is 11.0. The molecule has 5 heteroatoms. The standard InChI is InChI=1S/C11H18ClN3O/c1-5-16-11-9(3)10(13-7-14-11)15(4)6-8(2)12/h7-8H,5-6H2,1-4H3. The largest absolute Gasteiger partial charge is 0.478 e. The third-order valence-corrected chi connectivity index (χ3v) is 2.32. The van der Waals surface area contributed by atoms with E-state index in [-0.39, 0.29) is 5.38 Å². The van der Waals surface area contributed by atoms with Crippen LogP contribution in [0.2, 0.25) is 0 Å². The summed E-state index contributed by atoms with van der Waals surface area (Å²) >= 11 is 5.96. The molecular weight excluding hydrogens is 226 g/mol. The lowest BCUT2D eigenvalue weighted by Crippen LogP contribution is -2.26. The summed E-state index contributed by atoms with van der Waals surface area (Å²) < 4.78 is 5.42. The average molecular weight is 244 g/mol. The van der Waals surface area contributed by atoms with E-state index in [9.17, 15) is 0 Å². The second-order valence-electron chi connectivity index (χ2n) is 3.72. The van der Waals surface area contributed by atoms with Crippen molar-refractivity contribution < 1.29 is 4.74 Å². The van der Waals surface area contributed by atoms with E-state index < -0.39 is 0 Å². The fraction of sp³-hybridized carbons (Fsp3) is 0.636. The molecule has 0 aliphatic carbocycles. The smallest absolute Gasteiger partial charge is 0.221 e. The predicted octanol–water partition coefficient (Wildman–Crippen LogP) is 2.25. The quantitative estimate of drug-likeness (QED) is 0.744. The predicted molar refractivity (Wildman–Crippen MR) is 66.5 cm³/mol. The first-order chi connectivity index (χ1) is 7.56. The first-order valence-electron chi connectivity index (χ1n) is 5.35. The molecule has 1 atom stereocenters. The van der Waals surface area contributed by atoms with Crippen molar-refractivity contribution in [2.45, 2.75) is 26.1 Å². The summed E-state index contributed by atoms with van der Waals surface area (Å²) in [5, 5.41) is 0.0786. The van der Waals surface area contributed by atoms with E-state index in [4.69, 9.17) is 16.3 Å². The van der Waals surface area contributed by atoms with E-state index in [1.807, 2.05) is 32.7 Å². The van der Waals surface area contributed by atoms with Gasteiger partial charge in [-0.25, -0.2) is 9.97 Å². The van der Waals surface area contributed by atoms with Gasteiger partial charge in [-0.15, -0.1) is 11.6 Å². The van der Waals surface area contributed by atoms with Gasteiger partial charge < -0.3 is 9.64 Å². The Morgan fingerprint density at radius 2 is 2.19 bits per heavy atom. The summed E-state index contributed by atoms with van der Waals surface area (Å²) in [6.45, 7) is 7.19. The van der Waals surface area contributed by atoms with Gasteiger partial charge in [-0.2, -0.15) is 0 Å². The highest BCUT2D eigenvalue weighted by molar-refractivity contribution is 6.20. The van der Waals surface area contributed by atoms with Gasteiger partial charge in [-0.1, -0.05) is 0 Å². The topological polar surface area (TPSA) is 38.3 Å². The third-order valence-electron chi connectivity index (χ3n) is 2.18. The van der Waals surface area contributed by atoms with Crippen LogP contribution in [0.3, 0.4) is 0 Å². The molecule has 1 aromatic rings. The van der Waals surface area contributed by atoms with E-state index in [2.05, 4.69) is 9.97 Å². The monoisotopic (exact) mass is 243 g/mol. The molecule has 0 radical (unpaired) electrons. The van der Waals surface area contributed by atoms with Crippen molar-refractivity contribution >= 4 is 17.4 Å². The van der Waals surface area contributed by atoms with Crippen molar-refractivity contribution in [3.63, 3.8) is 0 Å². The molecule has 1 unspecified atom stereocenters. The van der Waals surface area contributed by atoms with Crippen molar-refractivity contribution in [2.75, 3.05) is 25.1 Å². The zero-order chi connectivity index (χ0) is 12.1. The Morgan fingerprint density at radius 3 is 2.75 bits per heavy atom. The first kappa shape index (κ1) is 13.0. The summed E-state index contributed by atoms with van der Waals surface area (Å²) in [5.74, 6) is 1.51. The fourth-order valence-corrected chi connectivity index (χ4v) is 1.76. The van der Waals surface area contributed by atoms with Crippen LogP contribution in [0.5, 0.6) is 5.88 Å². The van der Waals surface area contributed by atoms with Crippen molar-refractivity contribution in [1.82, 2.24) is 9.97 Å². The molecule has 0 bridgehead atoms. The van der Waals surface area contributed by atoms with Gasteiger partial charge in [-0.3, -0.25) is 0 Å². The Kier molecular flexibility index (Phi) is 4.80. The lowest BCUT2D eigenvalue weighted by molar-refractivity contribution is 0.323. The number of hydrogen-bond donors (Lipinski definition) is 0. The van der Waals surface area contributed by atoms with Gasteiger partial charge in [0.15, 0.2) is 0 Å². The van der Waals surface area contributed by atoms with Crippen molar-refractivity contribution in [1.29, 1.82) is 0 Å². The van der Waals surface area contributed by atoms with Crippen LogP contribution in [0, 0.1) is 6.92 Å². The Balaban J connectivity index is 2.91. The Morgan fingerprint density at radius 1 is 1.50 bits per heavy atom. The first-order valence-corrected chi connectivity index (χ1v) is 5.79. The van der Waals surface area contributed by atoms with Gasteiger partial charge in [0.25, 0.3) is 0 Å². The van der Waals surface area contributed by atoms with Gasteiger partial charge in [-0.05, 0) is 20.8 Å². The number of hydrogen-bond acceptors (Lipinski definition) is 4. The molecule has 0 aliphatic rings. The number of alkyl halides is 1. The number of anilines is 1. The van der Waals surface area contributed by atoms with E-state index in [0.29, 0.717) is 12.5 Å². The number of rotatable bonds is 5. The van der Waals surface area contributed by atoms with Crippen molar-refractivity contribution in [3.8, 4) is 5.88 Å². The van der Waals surface area contributed by atoms with Crippen LogP contribution in [0.1, 0.15) is 19.4 Å². The summed E-state index contributed by atoms with van der Waals surface area (Å²) in [7, 11) is 1.96. The third kappa shape index (κ3) is 3.23. The summed E-state index contributed by atoms with van der Waals surface area (Å²) in [5.41, 5.74) is 0.948. The molecule has 0 saturated carbocycles. The lowest BCUT2D eigenvalue weighted by Gasteiger charge is -2.21. The molecule has 0 aromatic carbocycles. The van der Waals surface area contributed by atoms with Gasteiger partial charge in [0.05, 0.1) is 12.2 Å². The molecule has 16 heavy (non-hydrogen) atoms. The number of nitrogens with zero attached hydrogens (tertiary/aromatic N) is 3. The maximum absolute atomic E-state index is 5.96. The van der Waals surface area contributed by atoms with Crippen LogP contribution < -0.4 is 9.64 Å². The minimum Gasteiger partial charge on any atom is -0.478 e. The summed E-state index contributed by atoms with van der Waals surface area (Å²) in [6.07, 6.45) is 1.52. The lowest BCUT2D eigenvalue weighted by atomic mass is 10.3. The molecule has 0 amide bonds. The molecule has 1 rings (SSSR count). The molecule has 0 aliphatic heterocycles. The summed E-state index contributed by atoms with van der Waals surface area (Å²) in [6, 6.07) is 0. The van der Waals surface area contributed by atoms with Gasteiger partial charge >= 0.3 is 0 Å². The number of aromatic nitrogens is 2. The molecule has 0 N–H and O–H groups in total. The Labute approximate surface area is 102 Å². The molecule has 1 aromatic heterocycles. The zero-order valence-electron chi connectivity index (χ0n) is 10.2. The second-order valence-corrected chi connectivity index (χ2v) is 4.47. The second kappa shape index (κ2) is 5.89. The van der Waals surface area contributed by atoms with Gasteiger partial charge in [0.1, 0.15) is 12.1 Å². The fourth-order valence-electron chi connectivity index (χ4n) is 1.56. The maximum atomic E-state index is 5.96. The van der Waals surface area contributed by atoms with E-state index >= 15 is 0 Å². The van der Waals surface area contributed by atoms with Crippen LogP contribution in [0.4, 0.5) is 5.82 Å². The highest BCUT2D eigenvalue weighted by atomic mass is 35.5. The van der Waals surface area contributed by atoms with Gasteiger partial charge in [0, 0.05) is 19.0 Å². The van der Waals surface area contributed by atoms with E-state index in [1.54, 1.807) is 0 Å². The summed E-state index contributed by atoms with van der Waals surface area (Å²) in [4.78, 5) is 10.4. The SMILES string of the molecule is CCOc1ncnc(N(C)CC(C)Cl)c1C. The molecule has 0 fully saturated rings. The van der Waals surface area contributed by atoms with Crippen LogP contribution in [-0.4, -0.2) is 35.5 Å². The van der Waals surface area contributed by atoms with Crippen molar-refractivity contribution in [2.24, 2.45) is 0 Å². The molecular formula is C11H18ClN3O. The van der Waals surface area contributed by atoms with Crippen LogP contribution in [0.15, 0.2) is 6.33 Å². The normalized spacial score (nSPS) is 12.3. The van der Waals surface area contributed by atoms with E-state index in [1.165, 1.54) is 6.33 Å². The molecule has 90 valence electrons. The van der Waals surface area contributed by atoms with Gasteiger partial charge in [0.2, 0.25) is 5.88 Å². The van der Waals surface area contributed by atoms with Crippen LogP contribution in [0.25, 0.3) is 0 Å². The molecule has 1 heterocycles. The van der Waals surface area contributed by atoms with Crippen LogP contribution in [-0.2, 0) is 0 Å². The Bertz CT molecular complexity index is 344.